The molecule has 3 heteroatoms. The van der Waals surface area contributed by atoms with Crippen molar-refractivity contribution in [1.29, 1.82) is 0 Å². The second-order valence-electron chi connectivity index (χ2n) is 2.57. The summed E-state index contributed by atoms with van der Waals surface area (Å²) in [6.45, 7) is 2.14. The van der Waals surface area contributed by atoms with Crippen LogP contribution >= 0.6 is 23.1 Å². The predicted octanol–water partition coefficient (Wildman–Crippen LogP) is 3.71. The summed E-state index contributed by atoms with van der Waals surface area (Å²) in [5.41, 5.74) is -0.559. The fraction of sp³-hybridized carbons (Fsp3) is 0.556. The van der Waals surface area contributed by atoms with E-state index >= 15 is 0 Å². The summed E-state index contributed by atoms with van der Waals surface area (Å²) in [4.78, 5) is 0.955. The molecule has 0 aliphatic rings. The molecule has 0 N–H and O–H groups in total. The van der Waals surface area contributed by atoms with Gasteiger partial charge in [-0.3, -0.25) is 0 Å². The number of rotatable bonds is 5. The molecule has 0 aliphatic carbocycles. The maximum absolute atomic E-state index is 11.4. The van der Waals surface area contributed by atoms with Gasteiger partial charge in [0.25, 0.3) is 0 Å². The van der Waals surface area contributed by atoms with Gasteiger partial charge in [-0.2, -0.15) is 0 Å². The largest absolute Gasteiger partial charge is 0.215 e. The van der Waals surface area contributed by atoms with Crippen LogP contribution in [0.25, 0.3) is 0 Å². The van der Waals surface area contributed by atoms with Gasteiger partial charge in [-0.25, -0.2) is 5.11 Å². The van der Waals surface area contributed by atoms with Crippen LogP contribution in [-0.4, -0.2) is 5.75 Å². The molecular weight excluding hydrogens is 188 g/mol. The van der Waals surface area contributed by atoms with Gasteiger partial charge >= 0.3 is 0 Å². The lowest BCUT2D eigenvalue weighted by Gasteiger charge is -2.03. The zero-order valence-electron chi connectivity index (χ0n) is 7.16. The average Bonchev–Trinajstić information content (AvgIpc) is 2.56. The zero-order chi connectivity index (χ0) is 8.81. The van der Waals surface area contributed by atoms with Crippen molar-refractivity contribution in [3.63, 3.8) is 0 Å². The lowest BCUT2D eigenvalue weighted by molar-refractivity contribution is 0.170. The van der Waals surface area contributed by atoms with E-state index in [1.54, 1.807) is 11.3 Å². The first-order valence-electron chi connectivity index (χ1n) is 4.15. The Morgan fingerprint density at radius 3 is 3.08 bits per heavy atom. The van der Waals surface area contributed by atoms with Crippen LogP contribution in [0.3, 0.4) is 0 Å². The molecule has 1 unspecified atom stereocenters. The van der Waals surface area contributed by atoms with Crippen molar-refractivity contribution in [2.45, 2.75) is 25.2 Å². The van der Waals surface area contributed by atoms with E-state index in [4.69, 9.17) is 0 Å². The Bertz CT molecular complexity index is 196. The molecule has 1 radical (unpaired) electrons. The highest BCUT2D eigenvalue weighted by molar-refractivity contribution is 7.99. The minimum Gasteiger partial charge on any atom is -0.215 e. The summed E-state index contributed by atoms with van der Waals surface area (Å²) in [6.07, 6.45) is 2.32. The van der Waals surface area contributed by atoms with Gasteiger partial charge in [-0.05, 0) is 23.6 Å². The SMILES string of the molecule is CCCCSC([O])c1cccs1. The molecule has 0 spiro atoms. The molecule has 0 amide bonds. The van der Waals surface area contributed by atoms with Crippen molar-refractivity contribution >= 4 is 23.1 Å². The molecule has 0 bridgehead atoms. The summed E-state index contributed by atoms with van der Waals surface area (Å²) < 4.78 is 0. The summed E-state index contributed by atoms with van der Waals surface area (Å²) >= 11 is 3.07. The summed E-state index contributed by atoms with van der Waals surface area (Å²) in [5, 5.41) is 13.4. The van der Waals surface area contributed by atoms with Crippen LogP contribution in [-0.2, 0) is 5.11 Å². The molecule has 67 valence electrons. The van der Waals surface area contributed by atoms with E-state index in [0.717, 1.165) is 17.1 Å². The van der Waals surface area contributed by atoms with Crippen molar-refractivity contribution in [3.8, 4) is 0 Å². The number of hydrogen-bond acceptors (Lipinski definition) is 2. The fourth-order valence-corrected chi connectivity index (χ4v) is 2.71. The highest BCUT2D eigenvalue weighted by atomic mass is 32.2. The van der Waals surface area contributed by atoms with Gasteiger partial charge in [0, 0.05) is 4.88 Å². The minimum atomic E-state index is -0.559. The van der Waals surface area contributed by atoms with Crippen LogP contribution in [0.4, 0.5) is 0 Å². The van der Waals surface area contributed by atoms with Crippen molar-refractivity contribution in [1.82, 2.24) is 0 Å². The van der Waals surface area contributed by atoms with Crippen LogP contribution in [0.1, 0.15) is 30.1 Å². The van der Waals surface area contributed by atoms with Crippen LogP contribution in [0.2, 0.25) is 0 Å². The van der Waals surface area contributed by atoms with Gasteiger partial charge < -0.3 is 0 Å². The van der Waals surface area contributed by atoms with Crippen LogP contribution in [0.5, 0.6) is 0 Å². The predicted molar refractivity (Wildman–Crippen MR) is 55.1 cm³/mol. The van der Waals surface area contributed by atoms with Crippen LogP contribution in [0.15, 0.2) is 17.5 Å². The standard InChI is InChI=1S/C9H13OS2/c1-2-3-6-12-9(10)8-5-4-7-11-8/h4-5,7,9H,2-3,6H2,1H3. The first-order valence-corrected chi connectivity index (χ1v) is 6.08. The third-order valence-electron chi connectivity index (χ3n) is 1.54. The van der Waals surface area contributed by atoms with Crippen molar-refractivity contribution in [3.05, 3.63) is 22.4 Å². The molecule has 1 nitrogen and oxygen atoms in total. The van der Waals surface area contributed by atoms with Gasteiger partial charge in [0.15, 0.2) is 5.44 Å². The van der Waals surface area contributed by atoms with Crippen molar-refractivity contribution in [2.24, 2.45) is 0 Å². The van der Waals surface area contributed by atoms with Gasteiger partial charge in [-0.15, -0.1) is 23.1 Å². The highest BCUT2D eigenvalue weighted by Gasteiger charge is 2.09. The lowest BCUT2D eigenvalue weighted by atomic mass is 10.4. The normalized spacial score (nSPS) is 13.2. The van der Waals surface area contributed by atoms with E-state index in [0.29, 0.717) is 0 Å². The molecular formula is C9H13OS2. The highest BCUT2D eigenvalue weighted by Crippen LogP contribution is 2.30. The number of unbranched alkanes of at least 4 members (excludes halogenated alkanes) is 1. The van der Waals surface area contributed by atoms with E-state index in [9.17, 15) is 5.11 Å². The summed E-state index contributed by atoms with van der Waals surface area (Å²) in [5.74, 6) is 0.989. The Kier molecular flexibility index (Phi) is 4.73. The van der Waals surface area contributed by atoms with E-state index in [1.165, 1.54) is 18.2 Å². The van der Waals surface area contributed by atoms with Crippen LogP contribution < -0.4 is 0 Å². The van der Waals surface area contributed by atoms with Gasteiger partial charge in [0.1, 0.15) is 0 Å². The molecule has 12 heavy (non-hydrogen) atoms. The monoisotopic (exact) mass is 201 g/mol. The quantitative estimate of drug-likeness (QED) is 0.525. The molecule has 1 aromatic rings. The number of thioether (sulfide) groups is 1. The Hall–Kier alpha value is 0.01000. The van der Waals surface area contributed by atoms with Crippen molar-refractivity contribution in [2.75, 3.05) is 5.75 Å². The molecule has 1 heterocycles. The molecule has 0 aromatic carbocycles. The van der Waals surface area contributed by atoms with Crippen molar-refractivity contribution < 1.29 is 5.11 Å². The van der Waals surface area contributed by atoms with E-state index in [-0.39, 0.29) is 0 Å². The smallest absolute Gasteiger partial charge is 0.173 e. The minimum absolute atomic E-state index is 0.559. The molecule has 0 fully saturated rings. The topological polar surface area (TPSA) is 19.9 Å². The van der Waals surface area contributed by atoms with Gasteiger partial charge in [0.05, 0.1) is 0 Å². The van der Waals surface area contributed by atoms with E-state index < -0.39 is 5.44 Å². The second-order valence-corrected chi connectivity index (χ2v) is 4.72. The maximum atomic E-state index is 11.4. The Balaban J connectivity index is 2.25. The fourth-order valence-electron chi connectivity index (χ4n) is 0.842. The summed E-state index contributed by atoms with van der Waals surface area (Å²) in [6, 6.07) is 3.85. The molecule has 0 aliphatic heterocycles. The molecule has 1 rings (SSSR count). The Morgan fingerprint density at radius 1 is 1.67 bits per heavy atom. The van der Waals surface area contributed by atoms with Gasteiger partial charge in [0.2, 0.25) is 0 Å². The molecule has 1 aromatic heterocycles. The van der Waals surface area contributed by atoms with E-state index in [2.05, 4.69) is 6.92 Å². The van der Waals surface area contributed by atoms with E-state index in [1.807, 2.05) is 17.5 Å². The maximum Gasteiger partial charge on any atom is 0.173 e. The Labute approximate surface area is 81.8 Å². The first-order chi connectivity index (χ1) is 5.84. The Morgan fingerprint density at radius 2 is 2.50 bits per heavy atom. The molecule has 0 saturated carbocycles. The molecule has 1 atom stereocenters. The second kappa shape index (κ2) is 5.62. The third kappa shape index (κ3) is 3.17. The summed E-state index contributed by atoms with van der Waals surface area (Å²) in [7, 11) is 0. The molecule has 0 saturated heterocycles. The lowest BCUT2D eigenvalue weighted by Crippen LogP contribution is -1.88. The average molecular weight is 201 g/mol. The zero-order valence-corrected chi connectivity index (χ0v) is 8.79. The number of hydrogen-bond donors (Lipinski definition) is 0. The third-order valence-corrected chi connectivity index (χ3v) is 3.69. The number of thiophene rings is 1. The van der Waals surface area contributed by atoms with Crippen LogP contribution in [0, 0.1) is 0 Å². The first kappa shape index (κ1) is 10.1. The van der Waals surface area contributed by atoms with Gasteiger partial charge in [-0.1, -0.05) is 19.4 Å².